The first-order chi connectivity index (χ1) is 5.34. The molecular weight excluding hydrogens is 204 g/mol. The molecule has 1 heterocycles. The molecule has 0 aliphatic rings. The molecule has 11 heavy (non-hydrogen) atoms. The van der Waals surface area contributed by atoms with Gasteiger partial charge in [0.15, 0.2) is 0 Å². The fraction of sp³-hybridized carbons (Fsp3) is 0.125. The highest BCUT2D eigenvalue weighted by Crippen LogP contribution is 2.18. The molecule has 0 spiro atoms. The monoisotopic (exact) mass is 210 g/mol. The molecule has 1 N–H and O–H groups in total. The van der Waals surface area contributed by atoms with Crippen molar-refractivity contribution >= 4 is 21.6 Å². The molecule has 1 rings (SSSR count). The van der Waals surface area contributed by atoms with Crippen molar-refractivity contribution in [2.75, 3.05) is 11.9 Å². The number of rotatable bonds is 2. The minimum Gasteiger partial charge on any atom is -0.373 e. The van der Waals surface area contributed by atoms with Crippen LogP contribution in [0.3, 0.4) is 0 Å². The minimum absolute atomic E-state index is 0.530. The van der Waals surface area contributed by atoms with Gasteiger partial charge < -0.3 is 5.32 Å². The first-order valence-electron chi connectivity index (χ1n) is 3.11. The van der Waals surface area contributed by atoms with Crippen LogP contribution >= 0.6 is 15.9 Å². The molecule has 0 aromatic carbocycles. The fourth-order valence-electron chi connectivity index (χ4n) is 0.665. The summed E-state index contributed by atoms with van der Waals surface area (Å²) in [5.41, 5.74) is 0.970. The molecule has 0 bridgehead atoms. The van der Waals surface area contributed by atoms with Crippen LogP contribution in [-0.4, -0.2) is 11.5 Å². The Hall–Kier alpha value is -1.01. The number of nitrogens with zero attached hydrogens (tertiary/aromatic N) is 1. The summed E-state index contributed by atoms with van der Waals surface area (Å²) in [5.74, 6) is 2.49. The van der Waals surface area contributed by atoms with Crippen LogP contribution in [0.4, 0.5) is 5.69 Å². The quantitative estimate of drug-likeness (QED) is 0.755. The third-order valence-electron chi connectivity index (χ3n) is 1.15. The Balaban J connectivity index is 2.71. The molecule has 0 amide bonds. The number of halogens is 1. The van der Waals surface area contributed by atoms with E-state index in [1.807, 2.05) is 6.07 Å². The van der Waals surface area contributed by atoms with E-state index in [1.165, 1.54) is 0 Å². The Kier molecular flexibility index (Phi) is 2.94. The third-order valence-corrected chi connectivity index (χ3v) is 1.79. The molecule has 0 aliphatic heterocycles. The van der Waals surface area contributed by atoms with E-state index in [9.17, 15) is 0 Å². The SMILES string of the molecule is C#CCNc1ccncc1Br. The van der Waals surface area contributed by atoms with Gasteiger partial charge in [0.1, 0.15) is 0 Å². The summed E-state index contributed by atoms with van der Waals surface area (Å²) in [7, 11) is 0. The molecule has 1 aromatic rings. The van der Waals surface area contributed by atoms with Gasteiger partial charge in [0, 0.05) is 12.4 Å². The van der Waals surface area contributed by atoms with Crippen molar-refractivity contribution in [3.63, 3.8) is 0 Å². The second-order valence-electron chi connectivity index (χ2n) is 1.91. The van der Waals surface area contributed by atoms with E-state index in [0.717, 1.165) is 10.2 Å². The predicted octanol–water partition coefficient (Wildman–Crippen LogP) is 1.89. The van der Waals surface area contributed by atoms with Gasteiger partial charge in [-0.05, 0) is 22.0 Å². The molecular formula is C8H7BrN2. The molecule has 0 saturated carbocycles. The first-order valence-corrected chi connectivity index (χ1v) is 3.90. The summed E-state index contributed by atoms with van der Waals surface area (Å²) >= 11 is 3.33. The van der Waals surface area contributed by atoms with Crippen LogP contribution in [0, 0.1) is 12.3 Å². The smallest absolute Gasteiger partial charge is 0.0763 e. The Labute approximate surface area is 74.2 Å². The molecule has 0 unspecified atom stereocenters. The van der Waals surface area contributed by atoms with E-state index < -0.39 is 0 Å². The summed E-state index contributed by atoms with van der Waals surface area (Å²) in [4.78, 5) is 3.91. The van der Waals surface area contributed by atoms with Crippen molar-refractivity contribution in [2.45, 2.75) is 0 Å². The number of terminal acetylenes is 1. The standard InChI is InChI=1S/C8H7BrN2/c1-2-4-11-8-3-5-10-6-7(8)9/h1,3,5-6H,4H2,(H,10,11). The normalized spacial score (nSPS) is 8.73. The van der Waals surface area contributed by atoms with Crippen molar-refractivity contribution in [1.82, 2.24) is 4.98 Å². The Morgan fingerprint density at radius 3 is 3.18 bits per heavy atom. The molecule has 56 valence electrons. The van der Waals surface area contributed by atoms with Gasteiger partial charge in [-0.15, -0.1) is 6.42 Å². The van der Waals surface area contributed by atoms with E-state index in [2.05, 4.69) is 32.2 Å². The largest absolute Gasteiger partial charge is 0.373 e. The van der Waals surface area contributed by atoms with Gasteiger partial charge in [-0.2, -0.15) is 0 Å². The van der Waals surface area contributed by atoms with E-state index in [1.54, 1.807) is 12.4 Å². The summed E-state index contributed by atoms with van der Waals surface area (Å²) in [5, 5.41) is 3.04. The fourth-order valence-corrected chi connectivity index (χ4v) is 1.06. The summed E-state index contributed by atoms with van der Waals surface area (Å²) < 4.78 is 0.926. The van der Waals surface area contributed by atoms with Gasteiger partial charge in [0.05, 0.1) is 16.7 Å². The summed E-state index contributed by atoms with van der Waals surface area (Å²) in [6.07, 6.45) is 8.52. The predicted molar refractivity (Wildman–Crippen MR) is 49.3 cm³/mol. The first kappa shape index (κ1) is 8.09. The summed E-state index contributed by atoms with van der Waals surface area (Å²) in [6, 6.07) is 1.86. The van der Waals surface area contributed by atoms with Crippen LogP contribution in [0.25, 0.3) is 0 Å². The van der Waals surface area contributed by atoms with Crippen molar-refractivity contribution in [2.24, 2.45) is 0 Å². The van der Waals surface area contributed by atoms with E-state index in [0.29, 0.717) is 6.54 Å². The lowest BCUT2D eigenvalue weighted by atomic mass is 10.4. The maximum absolute atomic E-state index is 5.08. The van der Waals surface area contributed by atoms with E-state index in [4.69, 9.17) is 6.42 Å². The van der Waals surface area contributed by atoms with Crippen LogP contribution in [-0.2, 0) is 0 Å². The maximum atomic E-state index is 5.08. The topological polar surface area (TPSA) is 24.9 Å². The zero-order chi connectivity index (χ0) is 8.10. The van der Waals surface area contributed by atoms with Gasteiger partial charge in [0.25, 0.3) is 0 Å². The Morgan fingerprint density at radius 1 is 1.73 bits per heavy atom. The number of pyridine rings is 1. The van der Waals surface area contributed by atoms with Gasteiger partial charge in [-0.3, -0.25) is 4.98 Å². The van der Waals surface area contributed by atoms with Gasteiger partial charge in [-0.25, -0.2) is 0 Å². The molecule has 2 nitrogen and oxygen atoms in total. The van der Waals surface area contributed by atoms with Crippen LogP contribution in [0.15, 0.2) is 22.9 Å². The van der Waals surface area contributed by atoms with Gasteiger partial charge >= 0.3 is 0 Å². The van der Waals surface area contributed by atoms with Gasteiger partial charge in [0.2, 0.25) is 0 Å². The average Bonchev–Trinajstić information content (AvgIpc) is 2.03. The Morgan fingerprint density at radius 2 is 2.55 bits per heavy atom. The molecule has 0 fully saturated rings. The Bertz CT molecular complexity index is 278. The zero-order valence-electron chi connectivity index (χ0n) is 5.84. The third kappa shape index (κ3) is 2.24. The summed E-state index contributed by atoms with van der Waals surface area (Å²) in [6.45, 7) is 0.530. The lowest BCUT2D eigenvalue weighted by Crippen LogP contribution is -1.98. The second-order valence-corrected chi connectivity index (χ2v) is 2.77. The second kappa shape index (κ2) is 3.99. The molecule has 0 saturated heterocycles. The molecule has 1 aromatic heterocycles. The lowest BCUT2D eigenvalue weighted by Gasteiger charge is -2.02. The number of nitrogens with one attached hydrogen (secondary N) is 1. The zero-order valence-corrected chi connectivity index (χ0v) is 7.43. The van der Waals surface area contributed by atoms with Crippen molar-refractivity contribution in [3.8, 4) is 12.3 Å². The highest BCUT2D eigenvalue weighted by molar-refractivity contribution is 9.10. The average molecular weight is 211 g/mol. The maximum Gasteiger partial charge on any atom is 0.0763 e. The number of anilines is 1. The molecule has 0 aliphatic carbocycles. The molecule has 3 heteroatoms. The highest BCUT2D eigenvalue weighted by Gasteiger charge is 1.94. The lowest BCUT2D eigenvalue weighted by molar-refractivity contribution is 1.28. The number of aromatic nitrogens is 1. The van der Waals surface area contributed by atoms with Crippen molar-refractivity contribution in [1.29, 1.82) is 0 Å². The molecule has 0 radical (unpaired) electrons. The van der Waals surface area contributed by atoms with Crippen molar-refractivity contribution < 1.29 is 0 Å². The highest BCUT2D eigenvalue weighted by atomic mass is 79.9. The van der Waals surface area contributed by atoms with Crippen LogP contribution in [0.5, 0.6) is 0 Å². The minimum atomic E-state index is 0.530. The van der Waals surface area contributed by atoms with Crippen LogP contribution in [0.1, 0.15) is 0 Å². The van der Waals surface area contributed by atoms with E-state index in [-0.39, 0.29) is 0 Å². The number of hydrogen-bond donors (Lipinski definition) is 1. The van der Waals surface area contributed by atoms with Crippen LogP contribution < -0.4 is 5.32 Å². The van der Waals surface area contributed by atoms with Crippen LogP contribution in [0.2, 0.25) is 0 Å². The van der Waals surface area contributed by atoms with Gasteiger partial charge in [-0.1, -0.05) is 5.92 Å². The molecule has 0 atom stereocenters. The van der Waals surface area contributed by atoms with Crippen molar-refractivity contribution in [3.05, 3.63) is 22.9 Å². The number of hydrogen-bond acceptors (Lipinski definition) is 2. The van der Waals surface area contributed by atoms with E-state index >= 15 is 0 Å².